The lowest BCUT2D eigenvalue weighted by Crippen LogP contribution is -2.49. The number of piperazine rings is 1. The first-order chi connectivity index (χ1) is 11.9. The van der Waals surface area contributed by atoms with Gasteiger partial charge in [0, 0.05) is 38.6 Å². The number of nitrogens with zero attached hydrogens (tertiary/aromatic N) is 3. The van der Waals surface area contributed by atoms with Gasteiger partial charge in [0.25, 0.3) is 5.91 Å². The van der Waals surface area contributed by atoms with E-state index in [1.165, 1.54) is 6.07 Å². The molecule has 5 nitrogen and oxygen atoms in total. The first-order valence-electron chi connectivity index (χ1n) is 7.61. The molecule has 1 aliphatic heterocycles. The molecule has 0 aromatic carbocycles. The number of amides is 1. The number of anilines is 1. The number of aromatic nitrogens is 2. The molecule has 1 fully saturated rings. The molecule has 0 radical (unpaired) electrons. The lowest BCUT2D eigenvalue weighted by molar-refractivity contribution is -0.137. The van der Waals surface area contributed by atoms with E-state index in [1.54, 1.807) is 23.2 Å². The Hall–Kier alpha value is -2.42. The van der Waals surface area contributed by atoms with Crippen LogP contribution in [0, 0.1) is 4.64 Å². The van der Waals surface area contributed by atoms with Gasteiger partial charge in [0.15, 0.2) is 0 Å². The van der Waals surface area contributed by atoms with Crippen molar-refractivity contribution in [3.8, 4) is 0 Å². The van der Waals surface area contributed by atoms with Crippen molar-refractivity contribution in [2.24, 2.45) is 0 Å². The molecule has 1 saturated heterocycles. The maximum Gasteiger partial charge on any atom is 0.417 e. The number of hydrogen-bond donors (Lipinski definition) is 1. The highest BCUT2D eigenvalue weighted by Crippen LogP contribution is 2.29. The topological polar surface area (TPSA) is 52.2 Å². The Morgan fingerprint density at radius 2 is 1.88 bits per heavy atom. The molecule has 9 heteroatoms. The van der Waals surface area contributed by atoms with Gasteiger partial charge in [-0.15, -0.1) is 0 Å². The second kappa shape index (κ2) is 6.83. The summed E-state index contributed by atoms with van der Waals surface area (Å²) in [6, 6.07) is 5.76. The number of rotatable bonds is 2. The van der Waals surface area contributed by atoms with E-state index in [0.29, 0.717) is 42.2 Å². The van der Waals surface area contributed by atoms with E-state index in [2.05, 4.69) is 9.97 Å². The molecule has 25 heavy (non-hydrogen) atoms. The number of aromatic amines is 1. The van der Waals surface area contributed by atoms with E-state index in [1.807, 2.05) is 4.90 Å². The molecule has 2 aromatic heterocycles. The summed E-state index contributed by atoms with van der Waals surface area (Å²) in [5, 5.41) is 0. The van der Waals surface area contributed by atoms with E-state index in [9.17, 15) is 18.0 Å². The van der Waals surface area contributed by atoms with Gasteiger partial charge in [0.1, 0.15) is 10.5 Å². The summed E-state index contributed by atoms with van der Waals surface area (Å²) in [7, 11) is 0. The second-order valence-corrected chi connectivity index (χ2v) is 6.00. The molecule has 0 unspecified atom stereocenters. The van der Waals surface area contributed by atoms with Crippen LogP contribution in [-0.2, 0) is 6.18 Å². The highest BCUT2D eigenvalue weighted by atomic mass is 32.1. The zero-order chi connectivity index (χ0) is 18.0. The zero-order valence-electron chi connectivity index (χ0n) is 13.1. The van der Waals surface area contributed by atoms with Crippen molar-refractivity contribution in [1.29, 1.82) is 0 Å². The number of halogens is 3. The fourth-order valence-electron chi connectivity index (χ4n) is 2.64. The summed E-state index contributed by atoms with van der Waals surface area (Å²) in [5.74, 6) is 0.319. The summed E-state index contributed by atoms with van der Waals surface area (Å²) < 4.78 is 38.1. The highest BCUT2D eigenvalue weighted by molar-refractivity contribution is 7.71. The largest absolute Gasteiger partial charge is 0.417 e. The normalized spacial score (nSPS) is 15.3. The highest BCUT2D eigenvalue weighted by Gasteiger charge is 2.31. The second-order valence-electron chi connectivity index (χ2n) is 5.60. The lowest BCUT2D eigenvalue weighted by atomic mass is 10.2. The Morgan fingerprint density at radius 3 is 2.44 bits per heavy atom. The van der Waals surface area contributed by atoms with E-state index >= 15 is 0 Å². The molecule has 1 amide bonds. The summed E-state index contributed by atoms with van der Waals surface area (Å²) in [6.07, 6.45) is -1.91. The van der Waals surface area contributed by atoms with Crippen molar-refractivity contribution in [3.63, 3.8) is 0 Å². The molecule has 0 aliphatic carbocycles. The van der Waals surface area contributed by atoms with Crippen LogP contribution >= 0.6 is 12.2 Å². The van der Waals surface area contributed by atoms with Crippen molar-refractivity contribution in [2.75, 3.05) is 31.1 Å². The van der Waals surface area contributed by atoms with Crippen LogP contribution in [0.3, 0.4) is 0 Å². The number of nitrogens with one attached hydrogen (secondary N) is 1. The lowest BCUT2D eigenvalue weighted by Gasteiger charge is -2.35. The van der Waals surface area contributed by atoms with Crippen LogP contribution in [-0.4, -0.2) is 47.0 Å². The van der Waals surface area contributed by atoms with Crippen LogP contribution in [0.15, 0.2) is 36.7 Å². The van der Waals surface area contributed by atoms with E-state index in [4.69, 9.17) is 12.2 Å². The Morgan fingerprint density at radius 1 is 1.16 bits per heavy atom. The van der Waals surface area contributed by atoms with Crippen molar-refractivity contribution in [3.05, 3.63) is 52.4 Å². The molecule has 0 bridgehead atoms. The Balaban J connectivity index is 1.65. The summed E-state index contributed by atoms with van der Waals surface area (Å²) in [5.41, 5.74) is -0.332. The molecular weight excluding hydrogens is 353 g/mol. The predicted molar refractivity (Wildman–Crippen MR) is 89.0 cm³/mol. The summed E-state index contributed by atoms with van der Waals surface area (Å²) >= 11 is 5.12. The Bertz CT molecular complexity index is 811. The average Bonchev–Trinajstić information content (AvgIpc) is 2.61. The summed E-state index contributed by atoms with van der Waals surface area (Å²) in [4.78, 5) is 22.8. The predicted octanol–water partition coefficient (Wildman–Crippen LogP) is 3.12. The monoisotopic (exact) mass is 368 g/mol. The molecule has 2 aromatic rings. The third-order valence-electron chi connectivity index (χ3n) is 4.01. The molecular formula is C16H15F3N4OS. The van der Waals surface area contributed by atoms with Gasteiger partial charge in [-0.05, 0) is 24.3 Å². The number of alkyl halides is 3. The molecule has 0 atom stereocenters. The van der Waals surface area contributed by atoms with Crippen LogP contribution < -0.4 is 4.90 Å². The molecule has 132 valence electrons. The van der Waals surface area contributed by atoms with Gasteiger partial charge >= 0.3 is 6.18 Å². The molecule has 3 rings (SSSR count). The van der Waals surface area contributed by atoms with Crippen molar-refractivity contribution < 1.29 is 18.0 Å². The van der Waals surface area contributed by atoms with E-state index in [0.717, 1.165) is 12.3 Å². The smallest absolute Gasteiger partial charge is 0.353 e. The molecule has 1 aliphatic rings. The van der Waals surface area contributed by atoms with Gasteiger partial charge in [-0.25, -0.2) is 4.98 Å². The minimum atomic E-state index is -4.40. The minimum absolute atomic E-state index is 0.151. The maximum absolute atomic E-state index is 12.6. The Kier molecular flexibility index (Phi) is 4.76. The van der Waals surface area contributed by atoms with Crippen molar-refractivity contribution in [2.45, 2.75) is 6.18 Å². The fraction of sp³-hybridized carbons (Fsp3) is 0.312. The van der Waals surface area contributed by atoms with Crippen LogP contribution in [0.4, 0.5) is 19.0 Å². The Labute approximate surface area is 147 Å². The standard InChI is InChI=1S/C16H15F3N4OS/c17-16(18,19)11-3-4-13(21-10-11)22-6-8-23(9-7-22)15(24)12-2-1-5-20-14(12)25/h1-5,10H,6-9H2,(H,20,25). The van der Waals surface area contributed by atoms with Gasteiger partial charge < -0.3 is 14.8 Å². The number of pyridine rings is 2. The number of H-pyrrole nitrogens is 1. The zero-order valence-corrected chi connectivity index (χ0v) is 13.9. The van der Waals surface area contributed by atoms with Gasteiger partial charge in [-0.3, -0.25) is 4.79 Å². The first kappa shape index (κ1) is 17.4. The molecule has 1 N–H and O–H groups in total. The first-order valence-corrected chi connectivity index (χ1v) is 8.02. The number of carbonyl (C=O) groups is 1. The van der Waals surface area contributed by atoms with Gasteiger partial charge in [-0.1, -0.05) is 12.2 Å². The van der Waals surface area contributed by atoms with Crippen LogP contribution in [0.25, 0.3) is 0 Å². The molecule has 3 heterocycles. The fourth-order valence-corrected chi connectivity index (χ4v) is 2.86. The minimum Gasteiger partial charge on any atom is -0.353 e. The van der Waals surface area contributed by atoms with Gasteiger partial charge in [0.05, 0.1) is 11.1 Å². The molecule has 0 spiro atoms. The number of carbonyl (C=O) groups excluding carboxylic acids is 1. The van der Waals surface area contributed by atoms with E-state index in [-0.39, 0.29) is 5.91 Å². The van der Waals surface area contributed by atoms with Gasteiger partial charge in [-0.2, -0.15) is 13.2 Å². The quantitative estimate of drug-likeness (QED) is 0.828. The third-order valence-corrected chi connectivity index (χ3v) is 4.35. The van der Waals surface area contributed by atoms with Crippen molar-refractivity contribution >= 4 is 23.9 Å². The van der Waals surface area contributed by atoms with Crippen LogP contribution in [0.5, 0.6) is 0 Å². The maximum atomic E-state index is 12.6. The number of hydrogen-bond acceptors (Lipinski definition) is 4. The third kappa shape index (κ3) is 3.81. The summed E-state index contributed by atoms with van der Waals surface area (Å²) in [6.45, 7) is 1.89. The SMILES string of the molecule is O=C(c1ccc[nH]c1=S)N1CCN(c2ccc(C(F)(F)F)cn2)CC1. The average molecular weight is 368 g/mol. The van der Waals surface area contributed by atoms with Crippen molar-refractivity contribution in [1.82, 2.24) is 14.9 Å². The molecule has 0 saturated carbocycles. The van der Waals surface area contributed by atoms with E-state index < -0.39 is 11.7 Å². The van der Waals surface area contributed by atoms with Crippen LogP contribution in [0.1, 0.15) is 15.9 Å². The van der Waals surface area contributed by atoms with Gasteiger partial charge in [0.2, 0.25) is 0 Å². The van der Waals surface area contributed by atoms with Crippen LogP contribution in [0.2, 0.25) is 0 Å².